The fourth-order valence-electron chi connectivity index (χ4n) is 3.80. The molecule has 0 aromatic heterocycles. The van der Waals surface area contributed by atoms with Gasteiger partial charge >= 0.3 is 11.9 Å². The van der Waals surface area contributed by atoms with Gasteiger partial charge in [-0.05, 0) is 73.9 Å². The molecule has 2 aromatic rings. The third-order valence-corrected chi connectivity index (χ3v) is 6.09. The monoisotopic (exact) mass is 510 g/mol. The van der Waals surface area contributed by atoms with Crippen molar-refractivity contribution >= 4 is 11.9 Å². The number of carbonyl (C=O) groups excluding carboxylic acids is 2. The molecule has 1 aliphatic rings. The van der Waals surface area contributed by atoms with E-state index >= 15 is 0 Å². The van der Waals surface area contributed by atoms with E-state index < -0.39 is 5.82 Å². The van der Waals surface area contributed by atoms with Crippen LogP contribution in [-0.2, 0) is 19.1 Å². The third kappa shape index (κ3) is 8.77. The van der Waals surface area contributed by atoms with Crippen LogP contribution in [0.5, 0.6) is 11.5 Å². The summed E-state index contributed by atoms with van der Waals surface area (Å²) in [7, 11) is 0. The van der Waals surface area contributed by atoms with Crippen LogP contribution in [0.15, 0.2) is 66.8 Å². The lowest BCUT2D eigenvalue weighted by Crippen LogP contribution is -2.08. The summed E-state index contributed by atoms with van der Waals surface area (Å²) < 4.78 is 36.3. The summed E-state index contributed by atoms with van der Waals surface area (Å²) in [6, 6.07) is 12.4. The number of hydrogen-bond acceptors (Lipinski definition) is 6. The first-order valence-corrected chi connectivity index (χ1v) is 12.8. The number of hydrogen-bond donors (Lipinski definition) is 0. The molecule has 0 amide bonds. The highest BCUT2D eigenvalue weighted by Crippen LogP contribution is 2.28. The summed E-state index contributed by atoms with van der Waals surface area (Å²) in [6.45, 7) is 10.4. The van der Waals surface area contributed by atoms with Crippen molar-refractivity contribution < 1.29 is 32.9 Å². The molecule has 2 aromatic carbocycles. The molecule has 1 heterocycles. The van der Waals surface area contributed by atoms with Gasteiger partial charge in [0.2, 0.25) is 0 Å². The summed E-state index contributed by atoms with van der Waals surface area (Å²) in [6.07, 6.45) is 4.84. The Morgan fingerprint density at radius 1 is 1.00 bits per heavy atom. The maximum atomic E-state index is 14.6. The van der Waals surface area contributed by atoms with Crippen LogP contribution in [0.25, 0.3) is 11.1 Å². The molecule has 37 heavy (non-hydrogen) atoms. The van der Waals surface area contributed by atoms with Gasteiger partial charge in [0.1, 0.15) is 11.9 Å². The van der Waals surface area contributed by atoms with Gasteiger partial charge in [-0.2, -0.15) is 0 Å². The third-order valence-electron chi connectivity index (χ3n) is 6.09. The van der Waals surface area contributed by atoms with Crippen molar-refractivity contribution in [2.45, 2.75) is 58.0 Å². The number of esters is 2. The molecule has 1 atom stereocenters. The molecule has 0 N–H and O–H groups in total. The Bertz CT molecular complexity index is 1080. The fourth-order valence-corrected chi connectivity index (χ4v) is 3.80. The molecule has 0 radical (unpaired) electrons. The van der Waals surface area contributed by atoms with Crippen LogP contribution >= 0.6 is 0 Å². The van der Waals surface area contributed by atoms with E-state index in [1.165, 1.54) is 6.07 Å². The normalized spacial score (nSPS) is 14.8. The van der Waals surface area contributed by atoms with Crippen LogP contribution in [0.4, 0.5) is 4.39 Å². The largest absolute Gasteiger partial charge is 0.494 e. The molecule has 0 aliphatic carbocycles. The molecule has 0 saturated carbocycles. The molecular formula is C30H35FO6. The van der Waals surface area contributed by atoms with E-state index in [0.717, 1.165) is 42.6 Å². The van der Waals surface area contributed by atoms with Gasteiger partial charge in [0.05, 0.1) is 19.8 Å². The average molecular weight is 511 g/mol. The van der Waals surface area contributed by atoms with E-state index in [9.17, 15) is 14.0 Å². The Morgan fingerprint density at radius 3 is 2.35 bits per heavy atom. The average Bonchev–Trinajstić information content (AvgIpc) is 3.22. The fraction of sp³-hybridized carbons (Fsp3) is 0.400. The van der Waals surface area contributed by atoms with Gasteiger partial charge in [0, 0.05) is 17.6 Å². The first kappa shape index (κ1) is 28.0. The molecule has 3 rings (SSSR count). The van der Waals surface area contributed by atoms with Crippen LogP contribution in [0.3, 0.4) is 0 Å². The molecule has 1 aliphatic heterocycles. The second-order valence-corrected chi connectivity index (χ2v) is 9.00. The van der Waals surface area contributed by atoms with Crippen LogP contribution < -0.4 is 9.47 Å². The van der Waals surface area contributed by atoms with E-state index in [-0.39, 0.29) is 23.8 Å². The lowest BCUT2D eigenvalue weighted by molar-refractivity contribution is -0.140. The summed E-state index contributed by atoms with van der Waals surface area (Å²) in [4.78, 5) is 22.9. The van der Waals surface area contributed by atoms with Crippen molar-refractivity contribution in [3.05, 3.63) is 72.6 Å². The van der Waals surface area contributed by atoms with E-state index in [1.807, 2.05) is 37.3 Å². The minimum Gasteiger partial charge on any atom is -0.494 e. The van der Waals surface area contributed by atoms with Crippen molar-refractivity contribution in [1.82, 2.24) is 0 Å². The quantitative estimate of drug-likeness (QED) is 0.153. The number of ether oxygens (including phenoxy) is 4. The maximum Gasteiger partial charge on any atom is 0.333 e. The topological polar surface area (TPSA) is 71.1 Å². The van der Waals surface area contributed by atoms with Gasteiger partial charge in [-0.3, -0.25) is 0 Å². The molecule has 198 valence electrons. The van der Waals surface area contributed by atoms with Gasteiger partial charge in [-0.25, -0.2) is 14.0 Å². The molecular weight excluding hydrogens is 475 g/mol. The zero-order valence-corrected chi connectivity index (χ0v) is 21.4. The Balaban J connectivity index is 1.35. The van der Waals surface area contributed by atoms with Crippen LogP contribution in [0.2, 0.25) is 0 Å². The number of carbonyl (C=O) groups is 2. The van der Waals surface area contributed by atoms with Gasteiger partial charge in [0.25, 0.3) is 0 Å². The van der Waals surface area contributed by atoms with Crippen molar-refractivity contribution in [2.75, 3.05) is 19.8 Å². The number of halogens is 1. The molecule has 0 spiro atoms. The minimum atomic E-state index is -0.415. The number of rotatable bonds is 15. The Labute approximate surface area is 218 Å². The minimum absolute atomic E-state index is 0.101. The van der Waals surface area contributed by atoms with E-state index in [2.05, 4.69) is 13.2 Å². The number of benzene rings is 2. The number of unbranched alkanes of at least 4 members (excludes halogenated alkanes) is 2. The van der Waals surface area contributed by atoms with E-state index in [0.29, 0.717) is 50.2 Å². The SMILES string of the molecule is C=C(CC)C(=O)OCCCCOc1ccc(-c2ccc(OCCCCC3CC(=C)C(=O)O3)c(F)c2)cc1. The first-order valence-electron chi connectivity index (χ1n) is 12.8. The second-order valence-electron chi connectivity index (χ2n) is 9.00. The Kier molecular flexibility index (Phi) is 10.7. The van der Waals surface area contributed by atoms with Gasteiger partial charge in [0.15, 0.2) is 11.6 Å². The molecule has 6 nitrogen and oxygen atoms in total. The summed E-state index contributed by atoms with van der Waals surface area (Å²) >= 11 is 0. The van der Waals surface area contributed by atoms with Gasteiger partial charge in [-0.1, -0.05) is 38.3 Å². The number of cyclic esters (lactones) is 1. The lowest BCUT2D eigenvalue weighted by atomic mass is 10.1. The molecule has 1 fully saturated rings. The van der Waals surface area contributed by atoms with Crippen molar-refractivity contribution in [2.24, 2.45) is 0 Å². The van der Waals surface area contributed by atoms with Gasteiger partial charge < -0.3 is 18.9 Å². The molecule has 1 saturated heterocycles. The van der Waals surface area contributed by atoms with Gasteiger partial charge in [-0.15, -0.1) is 0 Å². The summed E-state index contributed by atoms with van der Waals surface area (Å²) in [5.41, 5.74) is 2.62. The van der Waals surface area contributed by atoms with E-state index in [4.69, 9.17) is 18.9 Å². The standard InChI is InChI=1S/C30H35FO6/c1-4-21(2)29(32)36-18-8-7-16-34-25-13-10-23(11-14-25)24-12-15-28(27(31)20-24)35-17-6-5-9-26-19-22(3)30(33)37-26/h10-15,20,26H,2-9,16-19H2,1H3. The highest BCUT2D eigenvalue weighted by Gasteiger charge is 2.26. The van der Waals surface area contributed by atoms with Crippen molar-refractivity contribution in [3.8, 4) is 22.6 Å². The maximum absolute atomic E-state index is 14.6. The smallest absolute Gasteiger partial charge is 0.333 e. The van der Waals surface area contributed by atoms with Crippen LogP contribution in [-0.4, -0.2) is 37.9 Å². The highest BCUT2D eigenvalue weighted by atomic mass is 19.1. The van der Waals surface area contributed by atoms with Crippen LogP contribution in [0, 0.1) is 5.82 Å². The van der Waals surface area contributed by atoms with Crippen molar-refractivity contribution in [3.63, 3.8) is 0 Å². The predicted octanol–water partition coefficient (Wildman–Crippen LogP) is 6.58. The van der Waals surface area contributed by atoms with Crippen molar-refractivity contribution in [1.29, 1.82) is 0 Å². The Morgan fingerprint density at radius 2 is 1.68 bits per heavy atom. The molecule has 0 bridgehead atoms. The molecule has 7 heteroatoms. The lowest BCUT2D eigenvalue weighted by Gasteiger charge is -2.11. The zero-order chi connectivity index (χ0) is 26.6. The van der Waals surface area contributed by atoms with Crippen LogP contribution in [0.1, 0.15) is 51.9 Å². The summed E-state index contributed by atoms with van der Waals surface area (Å²) in [5, 5.41) is 0. The predicted molar refractivity (Wildman–Crippen MR) is 140 cm³/mol. The zero-order valence-electron chi connectivity index (χ0n) is 21.4. The Hall–Kier alpha value is -3.61. The first-order chi connectivity index (χ1) is 17.9. The highest BCUT2D eigenvalue weighted by molar-refractivity contribution is 5.89. The second kappa shape index (κ2) is 14.2. The van der Waals surface area contributed by atoms with E-state index in [1.54, 1.807) is 6.07 Å². The summed E-state index contributed by atoms with van der Waals surface area (Å²) in [5.74, 6) is -0.128. The molecule has 1 unspecified atom stereocenters.